The number of carbonyl (C=O) groups excluding carboxylic acids is 1. The van der Waals surface area contributed by atoms with E-state index in [1.54, 1.807) is 6.08 Å². The van der Waals surface area contributed by atoms with Crippen LogP contribution in [0, 0.1) is 0 Å². The van der Waals surface area contributed by atoms with Gasteiger partial charge in [0.15, 0.2) is 0 Å². The minimum Gasteiger partial charge on any atom is -0.756 e. The van der Waals surface area contributed by atoms with Gasteiger partial charge in [-0.05, 0) is 44.9 Å². The third kappa shape index (κ3) is 48.7. The molecule has 1 amide bonds. The zero-order valence-electron chi connectivity index (χ0n) is 42.5. The number of hydrogen-bond donors (Lipinski definition) is 2. The van der Waals surface area contributed by atoms with Gasteiger partial charge < -0.3 is 28.8 Å². The first-order valence-corrected chi connectivity index (χ1v) is 28.7. The van der Waals surface area contributed by atoms with Gasteiger partial charge in [-0.1, -0.05) is 237 Å². The Bertz CT molecular complexity index is 1080. The molecule has 0 spiro atoms. The summed E-state index contributed by atoms with van der Waals surface area (Å²) < 4.78 is 23.3. The van der Waals surface area contributed by atoms with E-state index in [1.807, 2.05) is 27.2 Å². The van der Waals surface area contributed by atoms with Gasteiger partial charge in [0.2, 0.25) is 5.91 Å². The Morgan fingerprint density at radius 3 is 1.24 bits per heavy atom. The molecular weight excluding hydrogens is 804 g/mol. The molecule has 63 heavy (non-hydrogen) atoms. The van der Waals surface area contributed by atoms with E-state index in [4.69, 9.17) is 9.05 Å². The highest BCUT2D eigenvalue weighted by molar-refractivity contribution is 7.45. The lowest BCUT2D eigenvalue weighted by atomic mass is 10.0. The molecule has 0 heterocycles. The van der Waals surface area contributed by atoms with Gasteiger partial charge in [0.05, 0.1) is 39.9 Å². The minimum atomic E-state index is -4.59. The van der Waals surface area contributed by atoms with Gasteiger partial charge in [-0.25, -0.2) is 0 Å². The van der Waals surface area contributed by atoms with Crippen LogP contribution in [0.15, 0.2) is 24.3 Å². The van der Waals surface area contributed by atoms with Crippen LogP contribution in [0.2, 0.25) is 0 Å². The van der Waals surface area contributed by atoms with Crippen molar-refractivity contribution in [3.05, 3.63) is 24.3 Å². The SMILES string of the molecule is CCCCCCCCCC/C=C\CCCCCCCCCC(=O)NC(COP(=O)([O-])OCC[N+](C)(C)C)C(O)/C=C/CCCCCCCCCCCCCCCCCCCCCC. The molecule has 3 atom stereocenters. The third-order valence-corrected chi connectivity index (χ3v) is 13.4. The van der Waals surface area contributed by atoms with Crippen molar-refractivity contribution in [2.45, 2.75) is 276 Å². The summed E-state index contributed by atoms with van der Waals surface area (Å²) in [7, 11) is 1.27. The Morgan fingerprint density at radius 1 is 0.540 bits per heavy atom. The smallest absolute Gasteiger partial charge is 0.268 e. The standard InChI is InChI=1S/C54H107N2O6P/c1-6-8-10-12-14-16-18-20-22-24-26-27-28-30-31-33-35-37-39-41-43-45-47-53(57)52(51-62-63(59,60)61-50-49-56(3,4)5)55-54(58)48-46-44-42-40-38-36-34-32-29-25-23-21-19-17-15-13-11-9-7-2/h25,29,45,47,52-53,57H,6-24,26-28,30-44,46,48-51H2,1-5H3,(H-,55,58,59,60)/b29-25-,47-45+. The Hall–Kier alpha value is -1.02. The van der Waals surface area contributed by atoms with Crippen LogP contribution >= 0.6 is 7.82 Å². The molecule has 0 aromatic carbocycles. The number of allylic oxidation sites excluding steroid dienone is 3. The van der Waals surface area contributed by atoms with Gasteiger partial charge in [-0.15, -0.1) is 0 Å². The highest BCUT2D eigenvalue weighted by atomic mass is 31.2. The summed E-state index contributed by atoms with van der Waals surface area (Å²) >= 11 is 0. The summed E-state index contributed by atoms with van der Waals surface area (Å²) in [5.74, 6) is -0.199. The number of aliphatic hydroxyl groups excluding tert-OH is 1. The van der Waals surface area contributed by atoms with E-state index in [-0.39, 0.29) is 19.1 Å². The second kappa shape index (κ2) is 46.1. The van der Waals surface area contributed by atoms with Crippen LogP contribution in [0.3, 0.4) is 0 Å². The second-order valence-electron chi connectivity index (χ2n) is 19.9. The van der Waals surface area contributed by atoms with Gasteiger partial charge >= 0.3 is 0 Å². The number of amides is 1. The molecule has 0 saturated carbocycles. The van der Waals surface area contributed by atoms with Gasteiger partial charge in [0.25, 0.3) is 7.82 Å². The van der Waals surface area contributed by atoms with Gasteiger partial charge in [0.1, 0.15) is 13.2 Å². The molecule has 0 saturated heterocycles. The molecule has 8 nitrogen and oxygen atoms in total. The average molecular weight is 911 g/mol. The predicted octanol–water partition coefficient (Wildman–Crippen LogP) is 15.4. The fraction of sp³-hybridized carbons (Fsp3) is 0.907. The zero-order valence-corrected chi connectivity index (χ0v) is 43.4. The van der Waals surface area contributed by atoms with Crippen molar-refractivity contribution >= 4 is 13.7 Å². The lowest BCUT2D eigenvalue weighted by Crippen LogP contribution is -2.45. The minimum absolute atomic E-state index is 0.000313. The summed E-state index contributed by atoms with van der Waals surface area (Å²) in [6, 6.07) is -0.887. The molecule has 374 valence electrons. The van der Waals surface area contributed by atoms with E-state index < -0.39 is 20.0 Å². The topological polar surface area (TPSA) is 108 Å². The van der Waals surface area contributed by atoms with Crippen LogP contribution in [-0.2, 0) is 18.4 Å². The second-order valence-corrected chi connectivity index (χ2v) is 21.3. The quantitative estimate of drug-likeness (QED) is 0.0272. The fourth-order valence-corrected chi connectivity index (χ4v) is 8.81. The summed E-state index contributed by atoms with van der Waals surface area (Å²) in [5, 5.41) is 13.9. The first kappa shape index (κ1) is 62.0. The Labute approximate surface area is 392 Å². The van der Waals surface area contributed by atoms with E-state index in [2.05, 4.69) is 31.3 Å². The predicted molar refractivity (Wildman–Crippen MR) is 270 cm³/mol. The molecule has 0 fully saturated rings. The molecule has 2 N–H and O–H groups in total. The van der Waals surface area contributed by atoms with Crippen molar-refractivity contribution in [2.24, 2.45) is 0 Å². The number of phosphoric acid groups is 1. The van der Waals surface area contributed by atoms with Gasteiger partial charge in [0, 0.05) is 6.42 Å². The van der Waals surface area contributed by atoms with Gasteiger partial charge in [-0.3, -0.25) is 9.36 Å². The van der Waals surface area contributed by atoms with Crippen molar-refractivity contribution in [2.75, 3.05) is 40.9 Å². The average Bonchev–Trinajstić information content (AvgIpc) is 3.24. The third-order valence-electron chi connectivity index (χ3n) is 12.4. The van der Waals surface area contributed by atoms with Crippen LogP contribution in [0.4, 0.5) is 0 Å². The number of phosphoric ester groups is 1. The Morgan fingerprint density at radius 2 is 0.873 bits per heavy atom. The van der Waals surface area contributed by atoms with Crippen molar-refractivity contribution in [3.63, 3.8) is 0 Å². The lowest BCUT2D eigenvalue weighted by molar-refractivity contribution is -0.870. The maximum absolute atomic E-state index is 12.9. The van der Waals surface area contributed by atoms with E-state index in [1.165, 1.54) is 205 Å². The highest BCUT2D eigenvalue weighted by Crippen LogP contribution is 2.38. The summed E-state index contributed by atoms with van der Waals surface area (Å²) in [6.45, 7) is 4.68. The van der Waals surface area contributed by atoms with E-state index >= 15 is 0 Å². The van der Waals surface area contributed by atoms with Crippen LogP contribution in [0.25, 0.3) is 0 Å². The number of nitrogens with one attached hydrogen (secondary N) is 1. The van der Waals surface area contributed by atoms with Crippen LogP contribution < -0.4 is 10.2 Å². The molecule has 0 aromatic heterocycles. The number of aliphatic hydroxyl groups is 1. The molecule has 0 aliphatic carbocycles. The largest absolute Gasteiger partial charge is 0.756 e. The van der Waals surface area contributed by atoms with E-state index in [0.717, 1.165) is 38.5 Å². The molecule has 0 aromatic rings. The number of likely N-dealkylation sites (N-methyl/N-ethyl adjacent to an activating group) is 1. The fourth-order valence-electron chi connectivity index (χ4n) is 8.09. The summed E-state index contributed by atoms with van der Waals surface area (Å²) in [6.07, 6.45) is 56.6. The normalized spacial score (nSPS) is 14.2. The first-order valence-electron chi connectivity index (χ1n) is 27.2. The highest BCUT2D eigenvalue weighted by Gasteiger charge is 2.23. The molecule has 0 radical (unpaired) electrons. The molecular formula is C54H107N2O6P. The molecule has 3 unspecified atom stereocenters. The number of quaternary nitrogens is 1. The van der Waals surface area contributed by atoms with Crippen LogP contribution in [0.1, 0.15) is 264 Å². The number of carbonyl (C=O) groups is 1. The van der Waals surface area contributed by atoms with Gasteiger partial charge in [-0.2, -0.15) is 0 Å². The Balaban J connectivity index is 4.26. The number of unbranched alkanes of at least 4 members (excludes halogenated alkanes) is 35. The monoisotopic (exact) mass is 911 g/mol. The maximum atomic E-state index is 12.9. The van der Waals surface area contributed by atoms with Crippen molar-refractivity contribution in [3.8, 4) is 0 Å². The first-order chi connectivity index (χ1) is 30.5. The number of rotatable bonds is 50. The molecule has 9 heteroatoms. The molecule has 0 rings (SSSR count). The lowest BCUT2D eigenvalue weighted by Gasteiger charge is -2.29. The van der Waals surface area contributed by atoms with E-state index in [9.17, 15) is 19.4 Å². The summed E-state index contributed by atoms with van der Waals surface area (Å²) in [4.78, 5) is 25.4. The molecule has 0 aliphatic heterocycles. The van der Waals surface area contributed by atoms with Crippen molar-refractivity contribution < 1.29 is 32.9 Å². The Kier molecular flexibility index (Phi) is 45.4. The number of hydrogen-bond acceptors (Lipinski definition) is 6. The van der Waals surface area contributed by atoms with E-state index in [0.29, 0.717) is 17.4 Å². The van der Waals surface area contributed by atoms with Crippen molar-refractivity contribution in [1.29, 1.82) is 0 Å². The molecule has 0 bridgehead atoms. The summed E-state index contributed by atoms with van der Waals surface area (Å²) in [5.41, 5.74) is 0. The maximum Gasteiger partial charge on any atom is 0.268 e. The van der Waals surface area contributed by atoms with Crippen LogP contribution in [0.5, 0.6) is 0 Å². The van der Waals surface area contributed by atoms with Crippen molar-refractivity contribution in [1.82, 2.24) is 5.32 Å². The molecule has 0 aliphatic rings. The van der Waals surface area contributed by atoms with Crippen LogP contribution in [-0.4, -0.2) is 68.5 Å². The number of nitrogens with zero attached hydrogens (tertiary/aromatic N) is 1. The zero-order chi connectivity index (χ0) is 46.4.